The van der Waals surface area contributed by atoms with Gasteiger partial charge in [-0.15, -0.1) is 0 Å². The van der Waals surface area contributed by atoms with Gasteiger partial charge in [-0.3, -0.25) is 4.90 Å². The Morgan fingerprint density at radius 1 is 1.15 bits per heavy atom. The van der Waals surface area contributed by atoms with Gasteiger partial charge in [-0.1, -0.05) is 6.92 Å². The molecule has 0 bridgehead atoms. The first kappa shape index (κ1) is 12.8. The highest BCUT2D eigenvalue weighted by Gasteiger charge is 1.95. The van der Waals surface area contributed by atoms with Crippen molar-refractivity contribution in [2.75, 3.05) is 46.4 Å². The van der Waals surface area contributed by atoms with Gasteiger partial charge < -0.3 is 16.4 Å². The summed E-state index contributed by atoms with van der Waals surface area (Å²) in [5.74, 6) is 0. The zero-order valence-electron chi connectivity index (χ0n) is 8.97. The standard InChI is InChI=1S/C9H24N4/c1-3-5-11-7-8-13(2)9-12-6-4-10/h11-12H,3-10H2,1-2H3. The molecule has 0 saturated carbocycles. The zero-order chi connectivity index (χ0) is 9.94. The molecule has 0 amide bonds. The van der Waals surface area contributed by atoms with Gasteiger partial charge in [0.25, 0.3) is 0 Å². The fraction of sp³-hybridized carbons (Fsp3) is 1.00. The summed E-state index contributed by atoms with van der Waals surface area (Å²) in [5, 5.41) is 6.61. The van der Waals surface area contributed by atoms with Gasteiger partial charge in [0, 0.05) is 32.8 Å². The molecular weight excluding hydrogens is 164 g/mol. The Morgan fingerprint density at radius 3 is 2.54 bits per heavy atom. The second kappa shape index (κ2) is 9.92. The van der Waals surface area contributed by atoms with Crippen molar-refractivity contribution in [1.82, 2.24) is 15.5 Å². The fourth-order valence-electron chi connectivity index (χ4n) is 1.02. The van der Waals surface area contributed by atoms with E-state index in [1.54, 1.807) is 0 Å². The SMILES string of the molecule is CCCNCCN(C)CNCCN. The highest BCUT2D eigenvalue weighted by Crippen LogP contribution is 1.77. The van der Waals surface area contributed by atoms with Crippen molar-refractivity contribution >= 4 is 0 Å². The number of nitrogens with one attached hydrogen (secondary N) is 2. The zero-order valence-corrected chi connectivity index (χ0v) is 8.97. The minimum atomic E-state index is 0.710. The van der Waals surface area contributed by atoms with Crippen LogP contribution in [0.3, 0.4) is 0 Å². The second-order valence-corrected chi connectivity index (χ2v) is 3.28. The second-order valence-electron chi connectivity index (χ2n) is 3.28. The Hall–Kier alpha value is -0.160. The highest BCUT2D eigenvalue weighted by atomic mass is 15.2. The number of likely N-dealkylation sites (N-methyl/N-ethyl adjacent to an activating group) is 1. The van der Waals surface area contributed by atoms with Crippen LogP contribution in [0.1, 0.15) is 13.3 Å². The van der Waals surface area contributed by atoms with Crippen molar-refractivity contribution in [3.8, 4) is 0 Å². The van der Waals surface area contributed by atoms with Gasteiger partial charge in [-0.2, -0.15) is 0 Å². The average Bonchev–Trinajstić information content (AvgIpc) is 2.13. The van der Waals surface area contributed by atoms with Gasteiger partial charge in [-0.25, -0.2) is 0 Å². The molecule has 4 nitrogen and oxygen atoms in total. The number of nitrogens with two attached hydrogens (primary N) is 1. The third kappa shape index (κ3) is 9.76. The Morgan fingerprint density at radius 2 is 1.92 bits per heavy atom. The molecule has 0 heterocycles. The lowest BCUT2D eigenvalue weighted by Gasteiger charge is -2.17. The van der Waals surface area contributed by atoms with Gasteiger partial charge in [0.05, 0.1) is 0 Å². The van der Waals surface area contributed by atoms with Crippen molar-refractivity contribution in [3.63, 3.8) is 0 Å². The topological polar surface area (TPSA) is 53.3 Å². The molecule has 0 aliphatic heterocycles. The van der Waals surface area contributed by atoms with E-state index >= 15 is 0 Å². The lowest BCUT2D eigenvalue weighted by molar-refractivity contribution is 0.307. The Labute approximate surface area is 81.9 Å². The molecule has 0 aliphatic carbocycles. The van der Waals surface area contributed by atoms with E-state index in [9.17, 15) is 0 Å². The first-order valence-electron chi connectivity index (χ1n) is 5.11. The first-order valence-corrected chi connectivity index (χ1v) is 5.11. The summed E-state index contributed by atoms with van der Waals surface area (Å²) in [6, 6.07) is 0. The molecule has 0 spiro atoms. The number of hydrogen-bond donors (Lipinski definition) is 3. The van der Waals surface area contributed by atoms with Gasteiger partial charge in [0.15, 0.2) is 0 Å². The molecule has 0 rings (SSSR count). The monoisotopic (exact) mass is 188 g/mol. The maximum absolute atomic E-state index is 5.36. The van der Waals surface area contributed by atoms with Crippen LogP contribution < -0.4 is 16.4 Å². The van der Waals surface area contributed by atoms with Crippen LogP contribution in [0.25, 0.3) is 0 Å². The van der Waals surface area contributed by atoms with Crippen LogP contribution >= 0.6 is 0 Å². The molecule has 80 valence electrons. The molecule has 0 aromatic carbocycles. The van der Waals surface area contributed by atoms with Crippen molar-refractivity contribution < 1.29 is 0 Å². The van der Waals surface area contributed by atoms with Crippen LogP contribution in [0.15, 0.2) is 0 Å². The normalized spacial score (nSPS) is 11.1. The molecule has 0 saturated heterocycles. The molecule has 0 radical (unpaired) electrons. The van der Waals surface area contributed by atoms with Crippen LogP contribution in [-0.4, -0.2) is 51.3 Å². The molecule has 0 atom stereocenters. The van der Waals surface area contributed by atoms with E-state index in [4.69, 9.17) is 5.73 Å². The number of nitrogens with zero attached hydrogens (tertiary/aromatic N) is 1. The smallest absolute Gasteiger partial charge is 0.0478 e. The largest absolute Gasteiger partial charge is 0.329 e. The summed E-state index contributed by atoms with van der Waals surface area (Å²) in [5.41, 5.74) is 5.36. The summed E-state index contributed by atoms with van der Waals surface area (Å²) in [6.45, 7) is 7.97. The molecular formula is C9H24N4. The predicted molar refractivity (Wildman–Crippen MR) is 57.7 cm³/mol. The van der Waals surface area contributed by atoms with E-state index in [0.717, 1.165) is 32.8 Å². The third-order valence-electron chi connectivity index (χ3n) is 1.80. The maximum Gasteiger partial charge on any atom is 0.0478 e. The summed E-state index contributed by atoms with van der Waals surface area (Å²) in [6.07, 6.45) is 1.20. The predicted octanol–water partition coefficient (Wildman–Crippen LogP) is -0.576. The van der Waals surface area contributed by atoms with Gasteiger partial charge in [-0.05, 0) is 20.0 Å². The van der Waals surface area contributed by atoms with E-state index in [1.807, 2.05) is 0 Å². The lowest BCUT2D eigenvalue weighted by Crippen LogP contribution is -2.37. The van der Waals surface area contributed by atoms with Crippen molar-refractivity contribution in [2.45, 2.75) is 13.3 Å². The van der Waals surface area contributed by atoms with Crippen LogP contribution in [0, 0.1) is 0 Å². The number of rotatable bonds is 9. The Bertz CT molecular complexity index is 97.6. The van der Waals surface area contributed by atoms with E-state index in [0.29, 0.717) is 6.54 Å². The van der Waals surface area contributed by atoms with E-state index in [2.05, 4.69) is 29.5 Å². The average molecular weight is 188 g/mol. The minimum Gasteiger partial charge on any atom is -0.329 e. The summed E-state index contributed by atoms with van der Waals surface area (Å²) >= 11 is 0. The Kier molecular flexibility index (Phi) is 9.80. The molecule has 0 aromatic heterocycles. The minimum absolute atomic E-state index is 0.710. The molecule has 0 aliphatic rings. The fourth-order valence-corrected chi connectivity index (χ4v) is 1.02. The van der Waals surface area contributed by atoms with Crippen molar-refractivity contribution in [1.29, 1.82) is 0 Å². The van der Waals surface area contributed by atoms with Crippen LogP contribution in [0.2, 0.25) is 0 Å². The van der Waals surface area contributed by atoms with Gasteiger partial charge in [0.2, 0.25) is 0 Å². The summed E-state index contributed by atoms with van der Waals surface area (Å²) in [7, 11) is 2.11. The van der Waals surface area contributed by atoms with Gasteiger partial charge in [0.1, 0.15) is 0 Å². The molecule has 0 aromatic rings. The van der Waals surface area contributed by atoms with E-state index in [1.165, 1.54) is 6.42 Å². The maximum atomic E-state index is 5.36. The van der Waals surface area contributed by atoms with E-state index < -0.39 is 0 Å². The lowest BCUT2D eigenvalue weighted by atomic mass is 10.4. The number of hydrogen-bond acceptors (Lipinski definition) is 4. The molecule has 4 heteroatoms. The quantitative estimate of drug-likeness (QED) is 0.335. The van der Waals surface area contributed by atoms with Gasteiger partial charge >= 0.3 is 0 Å². The molecule has 0 unspecified atom stereocenters. The first-order chi connectivity index (χ1) is 6.31. The molecule has 4 N–H and O–H groups in total. The summed E-state index contributed by atoms with van der Waals surface area (Å²) in [4.78, 5) is 2.25. The molecule has 0 fully saturated rings. The van der Waals surface area contributed by atoms with Crippen molar-refractivity contribution in [2.24, 2.45) is 5.73 Å². The van der Waals surface area contributed by atoms with Crippen LogP contribution in [-0.2, 0) is 0 Å². The third-order valence-corrected chi connectivity index (χ3v) is 1.80. The summed E-state index contributed by atoms with van der Waals surface area (Å²) < 4.78 is 0. The highest BCUT2D eigenvalue weighted by molar-refractivity contribution is 4.53. The van der Waals surface area contributed by atoms with Crippen molar-refractivity contribution in [3.05, 3.63) is 0 Å². The Balaban J connectivity index is 3.05. The molecule has 13 heavy (non-hydrogen) atoms. The van der Waals surface area contributed by atoms with Crippen LogP contribution in [0.5, 0.6) is 0 Å². The van der Waals surface area contributed by atoms with E-state index in [-0.39, 0.29) is 0 Å². The van der Waals surface area contributed by atoms with Crippen LogP contribution in [0.4, 0.5) is 0 Å².